The van der Waals surface area contributed by atoms with Crippen LogP contribution in [0, 0.1) is 23.4 Å². The summed E-state index contributed by atoms with van der Waals surface area (Å²) < 4.78 is 41.0. The van der Waals surface area contributed by atoms with E-state index >= 15 is 0 Å². The Morgan fingerprint density at radius 1 is 0.938 bits per heavy atom. The fourth-order valence-electron chi connectivity index (χ4n) is 3.99. The predicted molar refractivity (Wildman–Crippen MR) is 111 cm³/mol. The summed E-state index contributed by atoms with van der Waals surface area (Å²) in [5.41, 5.74) is 0.0638. The van der Waals surface area contributed by atoms with Crippen LogP contribution in [0.25, 0.3) is 0 Å². The Bertz CT molecular complexity index is 1070. The fourth-order valence-corrected chi connectivity index (χ4v) is 3.99. The van der Waals surface area contributed by atoms with Gasteiger partial charge in [-0.15, -0.1) is 0 Å². The van der Waals surface area contributed by atoms with Crippen molar-refractivity contribution in [1.29, 1.82) is 0 Å². The van der Waals surface area contributed by atoms with E-state index in [0.717, 1.165) is 0 Å². The molecule has 0 radical (unpaired) electrons. The number of benzene rings is 2. The van der Waals surface area contributed by atoms with Crippen molar-refractivity contribution in [3.63, 3.8) is 0 Å². The molecule has 0 N–H and O–H groups in total. The first kappa shape index (κ1) is 21.7. The predicted octanol–water partition coefficient (Wildman–Crippen LogP) is 3.71. The maximum atomic E-state index is 14.0. The fraction of sp³-hybridized carbons (Fsp3) is 0.304. The zero-order valence-corrected chi connectivity index (χ0v) is 17.1. The molecular weight excluding hydrogens is 423 g/mol. The minimum atomic E-state index is -1.23. The van der Waals surface area contributed by atoms with E-state index in [1.54, 1.807) is 24.3 Å². The van der Waals surface area contributed by atoms with E-state index in [1.165, 1.54) is 9.91 Å². The molecule has 4 rings (SSSR count). The molecule has 9 heteroatoms. The van der Waals surface area contributed by atoms with E-state index in [-0.39, 0.29) is 56.3 Å². The van der Waals surface area contributed by atoms with Crippen molar-refractivity contribution in [2.24, 2.45) is 11.0 Å². The standard InChI is InChI=1S/C23H20F3N3O3/c24-15-12-17(25)21(18(26)13-15)22(31)14-8-10-28(11-9-14)23(32)19-6-7-20(30)29(27-19)16-4-2-1-3-5-16/h1-5,12-14H,6-11H2. The summed E-state index contributed by atoms with van der Waals surface area (Å²) in [7, 11) is 0. The molecule has 2 aliphatic heterocycles. The Hall–Kier alpha value is -3.49. The van der Waals surface area contributed by atoms with Crippen molar-refractivity contribution < 1.29 is 27.6 Å². The molecule has 0 saturated carbocycles. The number of para-hydroxylation sites is 1. The summed E-state index contributed by atoms with van der Waals surface area (Å²) in [6, 6.07) is 9.75. The number of hydrogen-bond acceptors (Lipinski definition) is 4. The Morgan fingerprint density at radius 3 is 2.19 bits per heavy atom. The Morgan fingerprint density at radius 2 is 1.56 bits per heavy atom. The largest absolute Gasteiger partial charge is 0.337 e. The van der Waals surface area contributed by atoms with Crippen LogP contribution in [-0.4, -0.2) is 41.3 Å². The summed E-state index contributed by atoms with van der Waals surface area (Å²) in [4.78, 5) is 39.3. The highest BCUT2D eigenvalue weighted by Crippen LogP contribution is 2.26. The molecule has 0 unspecified atom stereocenters. The number of rotatable bonds is 4. The van der Waals surface area contributed by atoms with Gasteiger partial charge < -0.3 is 4.90 Å². The van der Waals surface area contributed by atoms with Crippen LogP contribution in [-0.2, 0) is 9.59 Å². The van der Waals surface area contributed by atoms with Gasteiger partial charge in [-0.05, 0) is 25.0 Å². The number of piperidine rings is 1. The number of hydrazone groups is 1. The first-order valence-electron chi connectivity index (χ1n) is 10.3. The highest BCUT2D eigenvalue weighted by atomic mass is 19.1. The summed E-state index contributed by atoms with van der Waals surface area (Å²) >= 11 is 0. The van der Waals surface area contributed by atoms with Crippen molar-refractivity contribution >= 4 is 29.0 Å². The number of anilines is 1. The molecule has 2 aromatic rings. The highest BCUT2D eigenvalue weighted by Gasteiger charge is 2.34. The van der Waals surface area contributed by atoms with Crippen LogP contribution in [0.3, 0.4) is 0 Å². The number of hydrogen-bond donors (Lipinski definition) is 0. The number of likely N-dealkylation sites (tertiary alicyclic amines) is 1. The molecule has 2 aliphatic rings. The SMILES string of the molecule is O=C(c1c(F)cc(F)cc1F)C1CCN(C(=O)C2=NN(c3ccccc3)C(=O)CC2)CC1. The molecule has 32 heavy (non-hydrogen) atoms. The van der Waals surface area contributed by atoms with E-state index in [4.69, 9.17) is 0 Å². The molecule has 2 heterocycles. The van der Waals surface area contributed by atoms with Gasteiger partial charge >= 0.3 is 0 Å². The molecule has 1 fully saturated rings. The maximum absolute atomic E-state index is 14.0. The van der Waals surface area contributed by atoms with Crippen LogP contribution >= 0.6 is 0 Å². The highest BCUT2D eigenvalue weighted by molar-refractivity contribution is 6.40. The summed E-state index contributed by atoms with van der Waals surface area (Å²) in [6.07, 6.45) is 0.800. The molecule has 0 aliphatic carbocycles. The summed E-state index contributed by atoms with van der Waals surface area (Å²) in [6.45, 7) is 0.413. The van der Waals surface area contributed by atoms with Gasteiger partial charge in [-0.2, -0.15) is 5.10 Å². The van der Waals surface area contributed by atoms with Crippen LogP contribution in [0.15, 0.2) is 47.6 Å². The molecule has 1 saturated heterocycles. The van der Waals surface area contributed by atoms with Gasteiger partial charge in [-0.25, -0.2) is 18.2 Å². The third-order valence-corrected chi connectivity index (χ3v) is 5.69. The van der Waals surface area contributed by atoms with Gasteiger partial charge in [-0.1, -0.05) is 18.2 Å². The monoisotopic (exact) mass is 443 g/mol. The lowest BCUT2D eigenvalue weighted by Gasteiger charge is -2.33. The lowest BCUT2D eigenvalue weighted by Crippen LogP contribution is -2.45. The van der Waals surface area contributed by atoms with Crippen molar-refractivity contribution in [2.45, 2.75) is 25.7 Å². The second kappa shape index (κ2) is 8.94. The van der Waals surface area contributed by atoms with Crippen LogP contribution in [0.5, 0.6) is 0 Å². The number of ketones is 1. The van der Waals surface area contributed by atoms with Crippen LogP contribution in [0.2, 0.25) is 0 Å². The minimum Gasteiger partial charge on any atom is -0.337 e. The van der Waals surface area contributed by atoms with Gasteiger partial charge in [0.2, 0.25) is 5.91 Å². The van der Waals surface area contributed by atoms with Crippen LogP contribution < -0.4 is 5.01 Å². The molecule has 166 valence electrons. The second-order valence-corrected chi connectivity index (χ2v) is 7.76. The van der Waals surface area contributed by atoms with Gasteiger partial charge in [-0.3, -0.25) is 14.4 Å². The van der Waals surface area contributed by atoms with E-state index in [0.29, 0.717) is 17.8 Å². The quantitative estimate of drug-likeness (QED) is 0.677. The smallest absolute Gasteiger partial charge is 0.270 e. The zero-order valence-electron chi connectivity index (χ0n) is 17.1. The normalized spacial score (nSPS) is 17.3. The number of Topliss-reactive ketones (excluding diaryl/α,β-unsaturated/α-hetero) is 1. The average molecular weight is 443 g/mol. The van der Waals surface area contributed by atoms with E-state index in [1.807, 2.05) is 6.07 Å². The lowest BCUT2D eigenvalue weighted by atomic mass is 9.88. The van der Waals surface area contributed by atoms with E-state index in [9.17, 15) is 27.6 Å². The molecule has 6 nitrogen and oxygen atoms in total. The Kier molecular flexibility index (Phi) is 6.07. The first-order chi connectivity index (χ1) is 15.3. The Labute approximate surface area is 182 Å². The lowest BCUT2D eigenvalue weighted by molar-refractivity contribution is -0.125. The molecular formula is C23H20F3N3O3. The Balaban J connectivity index is 1.44. The van der Waals surface area contributed by atoms with Gasteiger partial charge in [0.15, 0.2) is 5.78 Å². The van der Waals surface area contributed by atoms with Crippen molar-refractivity contribution in [2.75, 3.05) is 18.1 Å². The summed E-state index contributed by atoms with van der Waals surface area (Å²) in [5, 5.41) is 5.46. The van der Waals surface area contributed by atoms with E-state index < -0.39 is 34.7 Å². The molecule has 0 aromatic heterocycles. The molecule has 0 spiro atoms. The molecule has 2 aromatic carbocycles. The number of carbonyl (C=O) groups excluding carboxylic acids is 3. The van der Waals surface area contributed by atoms with Gasteiger partial charge in [0.05, 0.1) is 11.3 Å². The van der Waals surface area contributed by atoms with E-state index in [2.05, 4.69) is 5.10 Å². The maximum Gasteiger partial charge on any atom is 0.270 e. The number of halogens is 3. The topological polar surface area (TPSA) is 70.1 Å². The van der Waals surface area contributed by atoms with Crippen molar-refractivity contribution in [3.05, 3.63) is 65.5 Å². The van der Waals surface area contributed by atoms with Crippen LogP contribution in [0.1, 0.15) is 36.0 Å². The van der Waals surface area contributed by atoms with Gasteiger partial charge in [0, 0.05) is 44.0 Å². The minimum absolute atomic E-state index is 0.150. The van der Waals surface area contributed by atoms with Crippen molar-refractivity contribution in [3.8, 4) is 0 Å². The molecule has 0 atom stereocenters. The third kappa shape index (κ3) is 4.28. The second-order valence-electron chi connectivity index (χ2n) is 7.76. The first-order valence-corrected chi connectivity index (χ1v) is 10.3. The zero-order chi connectivity index (χ0) is 22.8. The van der Waals surface area contributed by atoms with Crippen molar-refractivity contribution in [1.82, 2.24) is 4.90 Å². The average Bonchev–Trinajstić information content (AvgIpc) is 2.79. The number of nitrogens with zero attached hydrogens (tertiary/aromatic N) is 3. The van der Waals surface area contributed by atoms with Crippen LogP contribution in [0.4, 0.5) is 18.9 Å². The van der Waals surface area contributed by atoms with Gasteiger partial charge in [0.1, 0.15) is 23.2 Å². The molecule has 0 bridgehead atoms. The summed E-state index contributed by atoms with van der Waals surface area (Å²) in [5.74, 6) is -5.49. The number of amides is 2. The third-order valence-electron chi connectivity index (χ3n) is 5.69. The van der Waals surface area contributed by atoms with Gasteiger partial charge in [0.25, 0.3) is 5.91 Å². The molecule has 2 amide bonds. The number of carbonyl (C=O) groups is 3.